The molecule has 3 rings (SSSR count). The van der Waals surface area contributed by atoms with Crippen LogP contribution in [0.4, 0.5) is 0 Å². The van der Waals surface area contributed by atoms with Gasteiger partial charge in [0, 0.05) is 12.6 Å². The number of rotatable bonds is 5. The summed E-state index contributed by atoms with van der Waals surface area (Å²) in [5, 5.41) is 3.90. The van der Waals surface area contributed by atoms with Crippen LogP contribution in [0.25, 0.3) is 0 Å². The van der Waals surface area contributed by atoms with E-state index >= 15 is 0 Å². The fourth-order valence-corrected chi connectivity index (χ4v) is 5.53. The predicted octanol–water partition coefficient (Wildman–Crippen LogP) is 3.85. The molecule has 116 valence electrons. The summed E-state index contributed by atoms with van der Waals surface area (Å²) in [6, 6.07) is 0.777. The highest BCUT2D eigenvalue weighted by molar-refractivity contribution is 7.99. The summed E-state index contributed by atoms with van der Waals surface area (Å²) in [6.45, 7) is 4.49. The predicted molar refractivity (Wildman–Crippen MR) is 87.4 cm³/mol. The van der Waals surface area contributed by atoms with Gasteiger partial charge in [0.05, 0.1) is 5.60 Å². The highest BCUT2D eigenvalue weighted by Crippen LogP contribution is 2.44. The van der Waals surface area contributed by atoms with E-state index in [2.05, 4.69) is 24.0 Å². The third-order valence-electron chi connectivity index (χ3n) is 5.73. The van der Waals surface area contributed by atoms with Gasteiger partial charge < -0.3 is 10.1 Å². The van der Waals surface area contributed by atoms with E-state index in [1.54, 1.807) is 0 Å². The Labute approximate surface area is 128 Å². The Morgan fingerprint density at radius 3 is 2.65 bits per heavy atom. The van der Waals surface area contributed by atoms with Crippen molar-refractivity contribution < 1.29 is 4.74 Å². The third kappa shape index (κ3) is 3.36. The van der Waals surface area contributed by atoms with Crippen LogP contribution in [0.2, 0.25) is 0 Å². The van der Waals surface area contributed by atoms with Crippen LogP contribution in [0.1, 0.15) is 58.3 Å². The second kappa shape index (κ2) is 7.02. The maximum Gasteiger partial charge on any atom is 0.0701 e. The van der Waals surface area contributed by atoms with Gasteiger partial charge in [-0.15, -0.1) is 0 Å². The molecule has 2 aliphatic heterocycles. The lowest BCUT2D eigenvalue weighted by Crippen LogP contribution is -2.52. The molecule has 0 radical (unpaired) electrons. The van der Waals surface area contributed by atoms with Crippen LogP contribution in [0.5, 0.6) is 0 Å². The molecule has 2 heterocycles. The molecule has 3 heteroatoms. The lowest BCUT2D eigenvalue weighted by molar-refractivity contribution is -0.111. The molecular formula is C17H31NOS. The molecule has 1 N–H and O–H groups in total. The molecular weight excluding hydrogens is 266 g/mol. The zero-order chi connectivity index (χ0) is 13.8. The monoisotopic (exact) mass is 297 g/mol. The van der Waals surface area contributed by atoms with Gasteiger partial charge in [-0.2, -0.15) is 11.8 Å². The van der Waals surface area contributed by atoms with Gasteiger partial charge in [-0.25, -0.2) is 0 Å². The summed E-state index contributed by atoms with van der Waals surface area (Å²) in [5.41, 5.74) is 0.254. The average Bonchev–Trinajstić information content (AvgIpc) is 2.42. The summed E-state index contributed by atoms with van der Waals surface area (Å²) in [7, 11) is 0. The first-order valence-corrected chi connectivity index (χ1v) is 9.93. The average molecular weight is 298 g/mol. The molecule has 3 fully saturated rings. The van der Waals surface area contributed by atoms with E-state index in [1.165, 1.54) is 69.4 Å². The SMILES string of the molecule is CCCNC(C1CCC1)C1CCOC2(CCSCC2)C1. The molecule has 2 atom stereocenters. The highest BCUT2D eigenvalue weighted by Gasteiger charge is 2.43. The molecule has 0 aromatic rings. The summed E-state index contributed by atoms with van der Waals surface area (Å²) < 4.78 is 6.28. The minimum Gasteiger partial charge on any atom is -0.375 e. The van der Waals surface area contributed by atoms with Crippen LogP contribution in [0.3, 0.4) is 0 Å². The normalized spacial score (nSPS) is 31.9. The van der Waals surface area contributed by atoms with Crippen molar-refractivity contribution in [3.63, 3.8) is 0 Å². The van der Waals surface area contributed by atoms with Crippen LogP contribution in [-0.2, 0) is 4.74 Å². The molecule has 1 aliphatic carbocycles. The van der Waals surface area contributed by atoms with E-state index in [1.807, 2.05) is 0 Å². The van der Waals surface area contributed by atoms with Crippen molar-refractivity contribution in [2.45, 2.75) is 69.9 Å². The molecule has 0 bridgehead atoms. The molecule has 0 amide bonds. The molecule has 1 saturated carbocycles. The summed E-state index contributed by atoms with van der Waals surface area (Å²) >= 11 is 2.11. The van der Waals surface area contributed by atoms with Gasteiger partial charge in [0.2, 0.25) is 0 Å². The van der Waals surface area contributed by atoms with E-state index in [-0.39, 0.29) is 5.60 Å². The number of hydrogen-bond acceptors (Lipinski definition) is 3. The summed E-state index contributed by atoms with van der Waals surface area (Å²) in [4.78, 5) is 0. The quantitative estimate of drug-likeness (QED) is 0.833. The summed E-state index contributed by atoms with van der Waals surface area (Å²) in [5.74, 6) is 4.44. The zero-order valence-corrected chi connectivity index (χ0v) is 13.9. The Bertz CT molecular complexity index is 294. The second-order valence-corrected chi connectivity index (χ2v) is 8.29. The molecule has 1 spiro atoms. The van der Waals surface area contributed by atoms with Crippen LogP contribution < -0.4 is 5.32 Å². The smallest absolute Gasteiger partial charge is 0.0701 e. The fraction of sp³-hybridized carbons (Fsp3) is 1.00. The topological polar surface area (TPSA) is 21.3 Å². The van der Waals surface area contributed by atoms with Crippen molar-refractivity contribution in [1.82, 2.24) is 5.32 Å². The van der Waals surface area contributed by atoms with Crippen LogP contribution in [0, 0.1) is 11.8 Å². The van der Waals surface area contributed by atoms with Crippen molar-refractivity contribution >= 4 is 11.8 Å². The largest absolute Gasteiger partial charge is 0.375 e. The maximum absolute atomic E-state index is 6.28. The van der Waals surface area contributed by atoms with Crippen LogP contribution >= 0.6 is 11.8 Å². The number of ether oxygens (including phenoxy) is 1. The molecule has 2 nitrogen and oxygen atoms in total. The Hall–Kier alpha value is 0.270. The van der Waals surface area contributed by atoms with Gasteiger partial charge in [0.1, 0.15) is 0 Å². The third-order valence-corrected chi connectivity index (χ3v) is 6.72. The fourth-order valence-electron chi connectivity index (χ4n) is 4.29. The number of nitrogens with one attached hydrogen (secondary N) is 1. The Morgan fingerprint density at radius 2 is 2.00 bits per heavy atom. The lowest BCUT2D eigenvalue weighted by Gasteiger charge is -2.48. The van der Waals surface area contributed by atoms with E-state index in [9.17, 15) is 0 Å². The van der Waals surface area contributed by atoms with Crippen molar-refractivity contribution in [2.24, 2.45) is 11.8 Å². The van der Waals surface area contributed by atoms with Gasteiger partial charge in [0.15, 0.2) is 0 Å². The van der Waals surface area contributed by atoms with Gasteiger partial charge in [0.25, 0.3) is 0 Å². The molecule has 3 aliphatic rings. The number of thioether (sulfide) groups is 1. The zero-order valence-electron chi connectivity index (χ0n) is 13.0. The van der Waals surface area contributed by atoms with E-state index < -0.39 is 0 Å². The van der Waals surface area contributed by atoms with Gasteiger partial charge >= 0.3 is 0 Å². The first-order chi connectivity index (χ1) is 9.83. The maximum atomic E-state index is 6.28. The minimum atomic E-state index is 0.254. The van der Waals surface area contributed by atoms with Crippen molar-refractivity contribution in [2.75, 3.05) is 24.7 Å². The molecule has 2 unspecified atom stereocenters. The van der Waals surface area contributed by atoms with Gasteiger partial charge in [-0.3, -0.25) is 0 Å². The van der Waals surface area contributed by atoms with E-state index in [0.717, 1.165) is 24.5 Å². The first-order valence-electron chi connectivity index (χ1n) is 8.78. The molecule has 0 aromatic heterocycles. The molecule has 20 heavy (non-hydrogen) atoms. The lowest BCUT2D eigenvalue weighted by atomic mass is 9.69. The van der Waals surface area contributed by atoms with Gasteiger partial charge in [-0.05, 0) is 74.8 Å². The second-order valence-electron chi connectivity index (χ2n) is 7.07. The Kier molecular flexibility index (Phi) is 5.33. The summed E-state index contributed by atoms with van der Waals surface area (Å²) in [6.07, 6.45) is 10.8. The van der Waals surface area contributed by atoms with Crippen molar-refractivity contribution in [3.05, 3.63) is 0 Å². The van der Waals surface area contributed by atoms with E-state index in [0.29, 0.717) is 0 Å². The number of hydrogen-bond donors (Lipinski definition) is 1. The van der Waals surface area contributed by atoms with Crippen LogP contribution in [-0.4, -0.2) is 36.3 Å². The molecule has 2 saturated heterocycles. The molecule has 0 aromatic carbocycles. The highest BCUT2D eigenvalue weighted by atomic mass is 32.2. The Morgan fingerprint density at radius 1 is 1.20 bits per heavy atom. The van der Waals surface area contributed by atoms with E-state index in [4.69, 9.17) is 4.74 Å². The first kappa shape index (κ1) is 15.2. The minimum absolute atomic E-state index is 0.254. The van der Waals surface area contributed by atoms with Crippen molar-refractivity contribution in [1.29, 1.82) is 0 Å². The van der Waals surface area contributed by atoms with Gasteiger partial charge in [-0.1, -0.05) is 13.3 Å². The van der Waals surface area contributed by atoms with Crippen molar-refractivity contribution in [3.8, 4) is 0 Å². The standard InChI is InChI=1S/C17H31NOS/c1-2-9-18-16(14-4-3-5-14)15-6-10-19-17(13-15)7-11-20-12-8-17/h14-16,18H,2-13H2,1H3. The Balaban J connectivity index is 1.63. The van der Waals surface area contributed by atoms with Crippen LogP contribution in [0.15, 0.2) is 0 Å².